The maximum atomic E-state index is 13.8. The first kappa shape index (κ1) is 17.1. The molecule has 0 unspecified atom stereocenters. The Bertz CT molecular complexity index is 1080. The van der Waals surface area contributed by atoms with E-state index in [0.717, 1.165) is 33.5 Å². The molecule has 2 aromatic carbocycles. The van der Waals surface area contributed by atoms with E-state index in [2.05, 4.69) is 10.9 Å². The third-order valence-electron chi connectivity index (χ3n) is 3.74. The summed E-state index contributed by atoms with van der Waals surface area (Å²) in [4.78, 5) is 16.6. The summed E-state index contributed by atoms with van der Waals surface area (Å²) in [6, 6.07) is 7.22. The maximum absolute atomic E-state index is 13.8. The highest BCUT2D eigenvalue weighted by atomic mass is 32.1. The van der Waals surface area contributed by atoms with E-state index in [0.29, 0.717) is 4.80 Å². The number of aryl methyl sites for hydroxylation is 2. The number of amides is 1. The van der Waals surface area contributed by atoms with Crippen LogP contribution in [-0.4, -0.2) is 10.5 Å². The number of benzene rings is 2. The first-order valence-corrected chi connectivity index (χ1v) is 8.31. The predicted molar refractivity (Wildman–Crippen MR) is 94.4 cm³/mol. The minimum absolute atomic E-state index is 0.203. The van der Waals surface area contributed by atoms with Crippen molar-refractivity contribution in [3.63, 3.8) is 0 Å². The Morgan fingerprint density at radius 3 is 2.60 bits per heavy atom. The lowest BCUT2D eigenvalue weighted by molar-refractivity contribution is 0.0990. The van der Waals surface area contributed by atoms with Crippen LogP contribution < -0.4 is 4.80 Å². The molecule has 0 fully saturated rings. The standard InChI is InChI=1S/C19H14F2N2OS/c1-4-8-23-15-10-11(2)9-12(3)17(15)25-19(23)22-18(24)16-13(20)6-5-7-14(16)21/h1,5-7,9-10H,8H2,2-3H3. The Kier molecular flexibility index (Phi) is 4.51. The number of aromatic nitrogens is 1. The van der Waals surface area contributed by atoms with E-state index in [1.807, 2.05) is 26.0 Å². The topological polar surface area (TPSA) is 34.4 Å². The van der Waals surface area contributed by atoms with Crippen LogP contribution in [0.5, 0.6) is 0 Å². The van der Waals surface area contributed by atoms with Gasteiger partial charge in [0.2, 0.25) is 0 Å². The summed E-state index contributed by atoms with van der Waals surface area (Å²) in [5.41, 5.74) is 2.25. The van der Waals surface area contributed by atoms with Crippen LogP contribution in [0, 0.1) is 37.8 Å². The fourth-order valence-corrected chi connectivity index (χ4v) is 3.76. The Hall–Kier alpha value is -2.78. The molecule has 0 saturated heterocycles. The molecule has 6 heteroatoms. The summed E-state index contributed by atoms with van der Waals surface area (Å²) >= 11 is 1.27. The predicted octanol–water partition coefficient (Wildman–Crippen LogP) is 3.97. The van der Waals surface area contributed by atoms with Crippen LogP contribution in [0.15, 0.2) is 35.3 Å². The minimum Gasteiger partial charge on any atom is -0.305 e. The number of halogens is 2. The first-order valence-electron chi connectivity index (χ1n) is 7.49. The van der Waals surface area contributed by atoms with Gasteiger partial charge in [-0.25, -0.2) is 8.78 Å². The van der Waals surface area contributed by atoms with Gasteiger partial charge in [-0.2, -0.15) is 4.99 Å². The second kappa shape index (κ2) is 6.61. The Balaban J connectivity index is 2.26. The Labute approximate surface area is 147 Å². The molecule has 0 aliphatic rings. The van der Waals surface area contributed by atoms with E-state index in [4.69, 9.17) is 6.42 Å². The van der Waals surface area contributed by atoms with Gasteiger partial charge in [-0.1, -0.05) is 29.4 Å². The largest absolute Gasteiger partial charge is 0.305 e. The maximum Gasteiger partial charge on any atom is 0.285 e. The van der Waals surface area contributed by atoms with Crippen molar-refractivity contribution >= 4 is 27.5 Å². The average molecular weight is 356 g/mol. The van der Waals surface area contributed by atoms with Gasteiger partial charge in [0.1, 0.15) is 17.2 Å². The van der Waals surface area contributed by atoms with Gasteiger partial charge in [-0.15, -0.1) is 6.42 Å². The van der Waals surface area contributed by atoms with E-state index in [-0.39, 0.29) is 6.54 Å². The molecule has 3 aromatic rings. The van der Waals surface area contributed by atoms with Crippen molar-refractivity contribution in [3.05, 3.63) is 63.5 Å². The van der Waals surface area contributed by atoms with E-state index in [9.17, 15) is 13.6 Å². The number of carbonyl (C=O) groups is 1. The van der Waals surface area contributed by atoms with Gasteiger partial charge in [0.15, 0.2) is 4.80 Å². The number of rotatable bonds is 2. The molecule has 0 aliphatic carbocycles. The van der Waals surface area contributed by atoms with Crippen LogP contribution in [-0.2, 0) is 6.54 Å². The fourth-order valence-electron chi connectivity index (χ4n) is 2.69. The lowest BCUT2D eigenvalue weighted by atomic mass is 10.1. The van der Waals surface area contributed by atoms with Gasteiger partial charge >= 0.3 is 0 Å². The highest BCUT2D eigenvalue weighted by Gasteiger charge is 2.17. The van der Waals surface area contributed by atoms with Crippen molar-refractivity contribution in [2.45, 2.75) is 20.4 Å². The fraction of sp³-hybridized carbons (Fsp3) is 0.158. The molecular formula is C19H14F2N2OS. The zero-order valence-electron chi connectivity index (χ0n) is 13.6. The molecule has 1 amide bonds. The van der Waals surface area contributed by atoms with E-state index >= 15 is 0 Å². The SMILES string of the molecule is C#CCn1c(=NC(=O)c2c(F)cccc2F)sc2c(C)cc(C)cc21. The number of terminal acetylenes is 1. The lowest BCUT2D eigenvalue weighted by Gasteiger charge is -2.03. The third kappa shape index (κ3) is 3.11. The summed E-state index contributed by atoms with van der Waals surface area (Å²) in [7, 11) is 0. The van der Waals surface area contributed by atoms with E-state index in [1.54, 1.807) is 4.57 Å². The zero-order valence-corrected chi connectivity index (χ0v) is 14.5. The molecule has 25 heavy (non-hydrogen) atoms. The third-order valence-corrected chi connectivity index (χ3v) is 4.97. The number of hydrogen-bond donors (Lipinski definition) is 0. The average Bonchev–Trinajstić information content (AvgIpc) is 2.86. The monoisotopic (exact) mass is 356 g/mol. The number of carbonyl (C=O) groups excluding carboxylic acids is 1. The molecule has 0 radical (unpaired) electrons. The number of thiazole rings is 1. The summed E-state index contributed by atoms with van der Waals surface area (Å²) in [5, 5.41) is 0. The van der Waals surface area contributed by atoms with Crippen molar-refractivity contribution in [3.8, 4) is 12.3 Å². The van der Waals surface area contributed by atoms with Crippen molar-refractivity contribution in [1.82, 2.24) is 4.57 Å². The van der Waals surface area contributed by atoms with Gasteiger partial charge in [-0.05, 0) is 43.2 Å². The minimum atomic E-state index is -0.970. The Morgan fingerprint density at radius 1 is 1.28 bits per heavy atom. The molecule has 1 aromatic heterocycles. The normalized spacial score (nSPS) is 11.7. The van der Waals surface area contributed by atoms with Gasteiger partial charge in [0, 0.05) is 0 Å². The first-order chi connectivity index (χ1) is 11.9. The second-order valence-electron chi connectivity index (χ2n) is 5.62. The van der Waals surface area contributed by atoms with Gasteiger partial charge in [0.05, 0.1) is 16.8 Å². The van der Waals surface area contributed by atoms with Crippen molar-refractivity contribution < 1.29 is 13.6 Å². The molecule has 0 bridgehead atoms. The molecule has 0 N–H and O–H groups in total. The van der Waals surface area contributed by atoms with Crippen molar-refractivity contribution in [2.75, 3.05) is 0 Å². The number of fused-ring (bicyclic) bond motifs is 1. The molecule has 126 valence electrons. The smallest absolute Gasteiger partial charge is 0.285 e. The van der Waals surface area contributed by atoms with Crippen molar-refractivity contribution in [1.29, 1.82) is 0 Å². The lowest BCUT2D eigenvalue weighted by Crippen LogP contribution is -2.17. The molecule has 0 spiro atoms. The van der Waals surface area contributed by atoms with E-state index < -0.39 is 23.1 Å². The van der Waals surface area contributed by atoms with Crippen LogP contribution in [0.2, 0.25) is 0 Å². The molecule has 0 aliphatic heterocycles. The second-order valence-corrected chi connectivity index (χ2v) is 6.60. The highest BCUT2D eigenvalue weighted by Crippen LogP contribution is 2.23. The molecule has 0 saturated carbocycles. The highest BCUT2D eigenvalue weighted by molar-refractivity contribution is 7.16. The quantitative estimate of drug-likeness (QED) is 0.640. The van der Waals surface area contributed by atoms with Gasteiger partial charge < -0.3 is 4.57 Å². The van der Waals surface area contributed by atoms with Crippen molar-refractivity contribution in [2.24, 2.45) is 4.99 Å². The number of hydrogen-bond acceptors (Lipinski definition) is 2. The van der Waals surface area contributed by atoms with Crippen LogP contribution in [0.4, 0.5) is 8.78 Å². The number of nitrogens with zero attached hydrogens (tertiary/aromatic N) is 2. The molecule has 0 atom stereocenters. The van der Waals surface area contributed by atoms with Crippen LogP contribution in [0.3, 0.4) is 0 Å². The molecular weight excluding hydrogens is 342 g/mol. The molecule has 3 nitrogen and oxygen atoms in total. The van der Waals surface area contributed by atoms with Gasteiger partial charge in [-0.3, -0.25) is 4.79 Å². The summed E-state index contributed by atoms with van der Waals surface area (Å²) in [6.07, 6.45) is 5.43. The van der Waals surface area contributed by atoms with E-state index in [1.165, 1.54) is 17.4 Å². The van der Waals surface area contributed by atoms with Crippen LogP contribution >= 0.6 is 11.3 Å². The summed E-state index contributed by atoms with van der Waals surface area (Å²) in [6.45, 7) is 4.12. The zero-order chi connectivity index (χ0) is 18.1. The Morgan fingerprint density at radius 2 is 1.96 bits per heavy atom. The summed E-state index contributed by atoms with van der Waals surface area (Å²) < 4.78 is 30.3. The molecule has 1 heterocycles. The van der Waals surface area contributed by atoms with Crippen LogP contribution in [0.25, 0.3) is 10.2 Å². The summed E-state index contributed by atoms with van der Waals surface area (Å²) in [5.74, 6) is -0.321. The van der Waals surface area contributed by atoms with Crippen LogP contribution in [0.1, 0.15) is 21.5 Å². The molecule has 3 rings (SSSR count). The van der Waals surface area contributed by atoms with Gasteiger partial charge in [0.25, 0.3) is 5.91 Å².